The summed E-state index contributed by atoms with van der Waals surface area (Å²) in [5.41, 5.74) is 4.74. The fourth-order valence-electron chi connectivity index (χ4n) is 4.21. The zero-order valence-corrected chi connectivity index (χ0v) is 21.9. The van der Waals surface area contributed by atoms with Crippen LogP contribution in [0.1, 0.15) is 35.6 Å². The molecule has 0 saturated heterocycles. The zero-order valence-electron chi connectivity index (χ0n) is 20.3. The highest BCUT2D eigenvalue weighted by atomic mass is 35.5. The molecule has 0 saturated carbocycles. The fourth-order valence-corrected chi connectivity index (χ4v) is 5.40. The molecule has 0 unspecified atom stereocenters. The van der Waals surface area contributed by atoms with Gasteiger partial charge in [0.05, 0.1) is 18.9 Å². The number of nitrogens with zero attached hydrogens (tertiary/aromatic N) is 3. The lowest BCUT2D eigenvalue weighted by Gasteiger charge is -2.23. The van der Waals surface area contributed by atoms with Gasteiger partial charge in [0, 0.05) is 23.6 Å². The Hall–Kier alpha value is -3.62. The van der Waals surface area contributed by atoms with Gasteiger partial charge >= 0.3 is 0 Å². The first-order chi connectivity index (χ1) is 17.9. The van der Waals surface area contributed by atoms with Gasteiger partial charge in [-0.25, -0.2) is 5.01 Å². The summed E-state index contributed by atoms with van der Waals surface area (Å²) in [4.78, 5) is 29.8. The lowest BCUT2D eigenvalue weighted by Crippen LogP contribution is -2.25. The summed E-state index contributed by atoms with van der Waals surface area (Å²) in [5, 5.41) is 10.1. The number of benzene rings is 3. The van der Waals surface area contributed by atoms with Crippen LogP contribution in [0.2, 0.25) is 5.02 Å². The number of methoxy groups -OCH3 is 1. The largest absolute Gasteiger partial charge is 0.497 e. The van der Waals surface area contributed by atoms with Crippen LogP contribution in [0, 0.1) is 6.92 Å². The SMILES string of the molecule is COc1ccc(NC(=O)C[C@H]2SC(N3N=C(c4ccc(Cl)cc4)C[C@H]3c3ccc(C)cc3)=NC2=O)cc1. The van der Waals surface area contributed by atoms with E-state index in [4.69, 9.17) is 21.4 Å². The Balaban J connectivity index is 1.33. The minimum absolute atomic E-state index is 0.0132. The van der Waals surface area contributed by atoms with Gasteiger partial charge in [-0.15, -0.1) is 0 Å². The molecule has 2 atom stereocenters. The van der Waals surface area contributed by atoms with Crippen LogP contribution in [0.25, 0.3) is 0 Å². The standard InChI is InChI=1S/C28H25ClN4O3S/c1-17-3-5-19(6-4-17)24-15-23(18-7-9-20(29)10-8-18)32-33(24)28-31-27(35)25(37-28)16-26(34)30-21-11-13-22(36-2)14-12-21/h3-14,24-25H,15-16H2,1-2H3,(H,30,34)/t24-,25+/m0/s1. The maximum atomic E-state index is 12.8. The summed E-state index contributed by atoms with van der Waals surface area (Å²) >= 11 is 7.36. The summed E-state index contributed by atoms with van der Waals surface area (Å²) in [6.45, 7) is 2.04. The number of hydrogen-bond donors (Lipinski definition) is 1. The van der Waals surface area contributed by atoms with Crippen molar-refractivity contribution in [3.05, 3.63) is 94.5 Å². The van der Waals surface area contributed by atoms with Gasteiger partial charge in [-0.1, -0.05) is 65.3 Å². The van der Waals surface area contributed by atoms with Crippen molar-refractivity contribution in [3.63, 3.8) is 0 Å². The van der Waals surface area contributed by atoms with Crippen LogP contribution in [-0.4, -0.2) is 40.1 Å². The average molecular weight is 533 g/mol. The Morgan fingerprint density at radius 1 is 1.08 bits per heavy atom. The van der Waals surface area contributed by atoms with Crippen LogP contribution in [0.3, 0.4) is 0 Å². The number of halogens is 1. The smallest absolute Gasteiger partial charge is 0.262 e. The van der Waals surface area contributed by atoms with Crippen molar-refractivity contribution in [1.29, 1.82) is 0 Å². The highest BCUT2D eigenvalue weighted by Gasteiger charge is 2.39. The third-order valence-corrected chi connectivity index (χ3v) is 7.61. The molecule has 5 rings (SSSR count). The van der Waals surface area contributed by atoms with Gasteiger partial charge in [0.25, 0.3) is 5.91 Å². The molecule has 2 aliphatic rings. The summed E-state index contributed by atoms with van der Waals surface area (Å²) in [6.07, 6.45) is 0.667. The lowest BCUT2D eigenvalue weighted by atomic mass is 9.98. The molecule has 1 N–H and O–H groups in total. The maximum absolute atomic E-state index is 12.8. The van der Waals surface area contributed by atoms with Crippen molar-refractivity contribution in [2.24, 2.45) is 10.1 Å². The van der Waals surface area contributed by atoms with Crippen molar-refractivity contribution in [1.82, 2.24) is 5.01 Å². The number of rotatable bonds is 6. The van der Waals surface area contributed by atoms with E-state index in [2.05, 4.69) is 34.6 Å². The van der Waals surface area contributed by atoms with E-state index < -0.39 is 5.25 Å². The van der Waals surface area contributed by atoms with Crippen molar-refractivity contribution in [2.75, 3.05) is 12.4 Å². The summed E-state index contributed by atoms with van der Waals surface area (Å²) in [7, 11) is 1.58. The molecule has 0 spiro atoms. The number of amides is 2. The van der Waals surface area contributed by atoms with E-state index in [1.54, 1.807) is 31.4 Å². The summed E-state index contributed by atoms with van der Waals surface area (Å²) in [6, 6.07) is 22.8. The first kappa shape index (κ1) is 25.0. The normalized spacial score (nSPS) is 19.0. The second-order valence-electron chi connectivity index (χ2n) is 8.85. The quantitative estimate of drug-likeness (QED) is 0.431. The number of aryl methyl sites for hydroxylation is 1. The minimum Gasteiger partial charge on any atom is -0.497 e. The van der Waals surface area contributed by atoms with Crippen LogP contribution >= 0.6 is 23.4 Å². The number of anilines is 1. The van der Waals surface area contributed by atoms with Crippen molar-refractivity contribution < 1.29 is 14.3 Å². The number of aliphatic imine (C=N–C) groups is 1. The fraction of sp³-hybridized carbons (Fsp3) is 0.214. The van der Waals surface area contributed by atoms with Crippen molar-refractivity contribution in [3.8, 4) is 5.75 Å². The molecule has 2 aliphatic heterocycles. The average Bonchev–Trinajstić information content (AvgIpc) is 3.49. The molecular weight excluding hydrogens is 508 g/mol. The summed E-state index contributed by atoms with van der Waals surface area (Å²) in [5.74, 6) is 0.113. The first-order valence-electron chi connectivity index (χ1n) is 11.8. The molecule has 0 aromatic heterocycles. The second-order valence-corrected chi connectivity index (χ2v) is 10.5. The Kier molecular flexibility index (Phi) is 7.30. The molecule has 37 heavy (non-hydrogen) atoms. The van der Waals surface area contributed by atoms with Crippen LogP contribution < -0.4 is 10.1 Å². The highest BCUT2D eigenvalue weighted by Crippen LogP contribution is 2.38. The topological polar surface area (TPSA) is 83.4 Å². The molecule has 188 valence electrons. The second kappa shape index (κ2) is 10.8. The number of hydrazone groups is 1. The molecule has 0 fully saturated rings. The van der Waals surface area contributed by atoms with E-state index in [0.29, 0.717) is 28.0 Å². The third-order valence-electron chi connectivity index (χ3n) is 6.22. The summed E-state index contributed by atoms with van der Waals surface area (Å²) < 4.78 is 5.15. The molecule has 9 heteroatoms. The molecule has 3 aromatic carbocycles. The Labute approximate surface area is 224 Å². The lowest BCUT2D eigenvalue weighted by molar-refractivity contribution is -0.121. The van der Waals surface area contributed by atoms with E-state index >= 15 is 0 Å². The zero-order chi connectivity index (χ0) is 25.9. The van der Waals surface area contributed by atoms with Crippen molar-refractivity contribution in [2.45, 2.75) is 31.1 Å². The number of carbonyl (C=O) groups is 2. The van der Waals surface area contributed by atoms with Gasteiger partial charge in [0.15, 0.2) is 5.17 Å². The predicted octanol–water partition coefficient (Wildman–Crippen LogP) is 5.83. The number of hydrogen-bond acceptors (Lipinski definition) is 6. The molecule has 0 bridgehead atoms. The van der Waals surface area contributed by atoms with Gasteiger partial charge in [-0.3, -0.25) is 9.59 Å². The van der Waals surface area contributed by atoms with Gasteiger partial charge < -0.3 is 10.1 Å². The number of amidine groups is 1. The van der Waals surface area contributed by atoms with Gasteiger partial charge in [-0.05, 0) is 54.4 Å². The van der Waals surface area contributed by atoms with Gasteiger partial charge in [0.1, 0.15) is 11.0 Å². The molecule has 2 heterocycles. The third kappa shape index (κ3) is 5.70. The van der Waals surface area contributed by atoms with Crippen LogP contribution in [0.15, 0.2) is 82.9 Å². The molecular formula is C28H25ClN4O3S. The van der Waals surface area contributed by atoms with Crippen LogP contribution in [0.4, 0.5) is 5.69 Å². The first-order valence-corrected chi connectivity index (χ1v) is 13.1. The molecule has 0 aliphatic carbocycles. The van der Waals surface area contributed by atoms with Gasteiger partial charge in [-0.2, -0.15) is 10.1 Å². The number of nitrogens with one attached hydrogen (secondary N) is 1. The van der Waals surface area contributed by atoms with E-state index in [1.807, 2.05) is 36.2 Å². The molecule has 2 amide bonds. The Bertz CT molecular complexity index is 1370. The monoisotopic (exact) mass is 532 g/mol. The van der Waals surface area contributed by atoms with E-state index in [1.165, 1.54) is 11.8 Å². The molecule has 3 aromatic rings. The predicted molar refractivity (Wildman–Crippen MR) is 148 cm³/mol. The van der Waals surface area contributed by atoms with E-state index in [0.717, 1.165) is 22.4 Å². The maximum Gasteiger partial charge on any atom is 0.262 e. The van der Waals surface area contributed by atoms with Crippen molar-refractivity contribution >= 4 is 51.7 Å². The van der Waals surface area contributed by atoms with Gasteiger partial charge in [0.2, 0.25) is 5.91 Å². The van der Waals surface area contributed by atoms with E-state index in [-0.39, 0.29) is 24.3 Å². The Morgan fingerprint density at radius 3 is 2.46 bits per heavy atom. The van der Waals surface area contributed by atoms with E-state index in [9.17, 15) is 9.59 Å². The molecule has 0 radical (unpaired) electrons. The highest BCUT2D eigenvalue weighted by molar-refractivity contribution is 8.15. The minimum atomic E-state index is -0.610. The number of carbonyl (C=O) groups excluding carboxylic acids is 2. The Morgan fingerprint density at radius 2 is 1.78 bits per heavy atom. The number of thioether (sulfide) groups is 1. The van der Waals surface area contributed by atoms with Crippen LogP contribution in [0.5, 0.6) is 5.75 Å². The number of ether oxygens (including phenoxy) is 1. The van der Waals surface area contributed by atoms with Crippen LogP contribution in [-0.2, 0) is 9.59 Å². The molecule has 7 nitrogen and oxygen atoms in total.